The molecule has 5 heteroatoms. The molecule has 0 aliphatic rings. The van der Waals surface area contributed by atoms with Crippen LogP contribution in [-0.4, -0.2) is 18.4 Å². The summed E-state index contributed by atoms with van der Waals surface area (Å²) >= 11 is 0. The summed E-state index contributed by atoms with van der Waals surface area (Å²) in [4.78, 5) is 14.2. The van der Waals surface area contributed by atoms with Crippen LogP contribution in [-0.2, 0) is 0 Å². The lowest BCUT2D eigenvalue weighted by atomic mass is 10.0. The summed E-state index contributed by atoms with van der Waals surface area (Å²) in [6, 6.07) is 5.22. The van der Waals surface area contributed by atoms with Gasteiger partial charge in [0.15, 0.2) is 6.29 Å². The van der Waals surface area contributed by atoms with Gasteiger partial charge >= 0.3 is 0 Å². The molecular formula is C13H9F2NO2. The first kappa shape index (κ1) is 12.2. The first-order chi connectivity index (χ1) is 8.65. The van der Waals surface area contributed by atoms with Crippen molar-refractivity contribution >= 4 is 6.29 Å². The van der Waals surface area contributed by atoms with Crippen LogP contribution in [0.3, 0.4) is 0 Å². The summed E-state index contributed by atoms with van der Waals surface area (Å²) in [5.41, 5.74) is 0.412. The number of carbonyl (C=O) groups is 1. The van der Waals surface area contributed by atoms with E-state index in [4.69, 9.17) is 4.74 Å². The molecule has 0 amide bonds. The van der Waals surface area contributed by atoms with Gasteiger partial charge < -0.3 is 4.74 Å². The maximum Gasteiger partial charge on any atom is 0.213 e. The molecule has 1 aromatic carbocycles. The van der Waals surface area contributed by atoms with E-state index in [1.807, 2.05) is 0 Å². The lowest BCUT2D eigenvalue weighted by Gasteiger charge is -2.06. The number of hydrogen-bond donors (Lipinski definition) is 0. The zero-order valence-electron chi connectivity index (χ0n) is 9.48. The summed E-state index contributed by atoms with van der Waals surface area (Å²) in [5.74, 6) is -1.06. The smallest absolute Gasteiger partial charge is 0.213 e. The Balaban J connectivity index is 2.54. The van der Waals surface area contributed by atoms with Crippen LogP contribution in [0.5, 0.6) is 5.88 Å². The highest BCUT2D eigenvalue weighted by Crippen LogP contribution is 2.26. The molecule has 1 heterocycles. The van der Waals surface area contributed by atoms with Crippen LogP contribution < -0.4 is 4.74 Å². The fourth-order valence-corrected chi connectivity index (χ4v) is 1.54. The minimum Gasteiger partial charge on any atom is -0.481 e. The van der Waals surface area contributed by atoms with E-state index in [9.17, 15) is 13.6 Å². The molecule has 1 aromatic heterocycles. The van der Waals surface area contributed by atoms with Crippen molar-refractivity contribution in [2.24, 2.45) is 0 Å². The minimum atomic E-state index is -0.697. The van der Waals surface area contributed by atoms with Crippen molar-refractivity contribution in [2.45, 2.75) is 0 Å². The van der Waals surface area contributed by atoms with Crippen LogP contribution in [0.15, 0.2) is 30.5 Å². The number of carbonyl (C=O) groups excluding carboxylic acids is 1. The predicted octanol–water partition coefficient (Wildman–Crippen LogP) is 2.85. The average Bonchev–Trinajstić information content (AvgIpc) is 2.39. The first-order valence-electron chi connectivity index (χ1n) is 5.10. The Hall–Kier alpha value is -2.30. The van der Waals surface area contributed by atoms with E-state index in [0.717, 1.165) is 12.3 Å². The van der Waals surface area contributed by atoms with Crippen LogP contribution in [0.4, 0.5) is 8.78 Å². The van der Waals surface area contributed by atoms with E-state index < -0.39 is 11.6 Å². The van der Waals surface area contributed by atoms with Gasteiger partial charge in [-0.15, -0.1) is 0 Å². The number of rotatable bonds is 3. The highest BCUT2D eigenvalue weighted by atomic mass is 19.1. The van der Waals surface area contributed by atoms with Crippen molar-refractivity contribution < 1.29 is 18.3 Å². The van der Waals surface area contributed by atoms with Gasteiger partial charge in [0.2, 0.25) is 5.88 Å². The van der Waals surface area contributed by atoms with Crippen molar-refractivity contribution in [2.75, 3.05) is 7.11 Å². The normalized spacial score (nSPS) is 10.2. The van der Waals surface area contributed by atoms with E-state index in [0.29, 0.717) is 11.8 Å². The Morgan fingerprint density at radius 2 is 2.00 bits per heavy atom. The van der Waals surface area contributed by atoms with Crippen molar-refractivity contribution in [1.29, 1.82) is 0 Å². The summed E-state index contributed by atoms with van der Waals surface area (Å²) in [5, 5.41) is 0. The van der Waals surface area contributed by atoms with Crippen molar-refractivity contribution in [1.82, 2.24) is 4.98 Å². The third-order valence-electron chi connectivity index (χ3n) is 2.48. The number of methoxy groups -OCH3 is 1. The van der Waals surface area contributed by atoms with E-state index in [1.165, 1.54) is 25.3 Å². The zero-order chi connectivity index (χ0) is 13.1. The Kier molecular flexibility index (Phi) is 3.32. The zero-order valence-corrected chi connectivity index (χ0v) is 9.48. The minimum absolute atomic E-state index is 0.0693. The summed E-state index contributed by atoms with van der Waals surface area (Å²) in [6.07, 6.45) is 1.41. The van der Waals surface area contributed by atoms with E-state index in [1.54, 1.807) is 0 Å². The number of benzene rings is 1. The molecule has 0 unspecified atom stereocenters. The Morgan fingerprint density at radius 3 is 2.61 bits per heavy atom. The molecule has 0 radical (unpaired) electrons. The fraction of sp³-hybridized carbons (Fsp3) is 0.0769. The summed E-state index contributed by atoms with van der Waals surface area (Å²) < 4.78 is 31.9. The molecule has 92 valence electrons. The second-order valence-corrected chi connectivity index (χ2v) is 3.56. The molecule has 0 aliphatic carbocycles. The molecular weight excluding hydrogens is 240 g/mol. The maximum atomic E-state index is 13.6. The molecule has 0 bridgehead atoms. The Bertz CT molecular complexity index is 600. The van der Waals surface area contributed by atoms with Gasteiger partial charge in [0.25, 0.3) is 0 Å². The Labute approximate surface area is 102 Å². The summed E-state index contributed by atoms with van der Waals surface area (Å²) in [7, 11) is 1.40. The second-order valence-electron chi connectivity index (χ2n) is 3.56. The van der Waals surface area contributed by atoms with E-state index in [-0.39, 0.29) is 17.0 Å². The number of ether oxygens (including phenoxy) is 1. The first-order valence-corrected chi connectivity index (χ1v) is 5.10. The lowest BCUT2D eigenvalue weighted by molar-refractivity contribution is 0.112. The molecule has 0 N–H and O–H groups in total. The third kappa shape index (κ3) is 2.20. The Morgan fingerprint density at radius 1 is 1.22 bits per heavy atom. The van der Waals surface area contributed by atoms with Gasteiger partial charge in [0.1, 0.15) is 11.6 Å². The molecule has 18 heavy (non-hydrogen) atoms. The molecule has 2 rings (SSSR count). The molecule has 0 saturated heterocycles. The van der Waals surface area contributed by atoms with Crippen LogP contribution in [0.2, 0.25) is 0 Å². The van der Waals surface area contributed by atoms with Crippen LogP contribution in [0, 0.1) is 11.6 Å². The van der Waals surface area contributed by atoms with Gasteiger partial charge in [0.05, 0.1) is 18.9 Å². The fourth-order valence-electron chi connectivity index (χ4n) is 1.54. The van der Waals surface area contributed by atoms with Gasteiger partial charge in [-0.3, -0.25) is 4.79 Å². The molecule has 0 aliphatic heterocycles. The van der Waals surface area contributed by atoms with Gasteiger partial charge in [-0.05, 0) is 17.7 Å². The second kappa shape index (κ2) is 4.91. The number of aromatic nitrogens is 1. The molecule has 2 aromatic rings. The molecule has 0 atom stereocenters. The maximum absolute atomic E-state index is 13.6. The number of hydrogen-bond acceptors (Lipinski definition) is 3. The van der Waals surface area contributed by atoms with Crippen molar-refractivity contribution in [3.8, 4) is 17.0 Å². The molecule has 0 saturated carbocycles. The largest absolute Gasteiger partial charge is 0.481 e. The SMILES string of the molecule is COc1cc(-c2ccc(C=O)c(F)c2)c(F)cn1. The van der Waals surface area contributed by atoms with Gasteiger partial charge in [-0.25, -0.2) is 13.8 Å². The highest BCUT2D eigenvalue weighted by Gasteiger charge is 2.10. The molecule has 3 nitrogen and oxygen atoms in total. The molecule has 0 spiro atoms. The predicted molar refractivity (Wildman–Crippen MR) is 61.5 cm³/mol. The van der Waals surface area contributed by atoms with E-state index in [2.05, 4.69) is 4.98 Å². The average molecular weight is 249 g/mol. The van der Waals surface area contributed by atoms with E-state index >= 15 is 0 Å². The number of aldehydes is 1. The van der Waals surface area contributed by atoms with Gasteiger partial charge in [-0.2, -0.15) is 0 Å². The van der Waals surface area contributed by atoms with Crippen molar-refractivity contribution in [3.63, 3.8) is 0 Å². The standard InChI is InChI=1S/C13H9F2NO2/c1-18-13-5-10(12(15)6-16-13)8-2-3-9(7-17)11(14)4-8/h2-7H,1H3. The quantitative estimate of drug-likeness (QED) is 0.785. The third-order valence-corrected chi connectivity index (χ3v) is 2.48. The summed E-state index contributed by atoms with van der Waals surface area (Å²) in [6.45, 7) is 0. The number of pyridine rings is 1. The van der Waals surface area contributed by atoms with Gasteiger partial charge in [0, 0.05) is 11.6 Å². The monoisotopic (exact) mass is 249 g/mol. The highest BCUT2D eigenvalue weighted by molar-refractivity contribution is 5.77. The van der Waals surface area contributed by atoms with Crippen molar-refractivity contribution in [3.05, 3.63) is 47.7 Å². The van der Waals surface area contributed by atoms with Crippen LogP contribution in [0.25, 0.3) is 11.1 Å². The van der Waals surface area contributed by atoms with Gasteiger partial charge in [-0.1, -0.05) is 6.07 Å². The topological polar surface area (TPSA) is 39.2 Å². The lowest BCUT2D eigenvalue weighted by Crippen LogP contribution is -1.93. The number of halogens is 2. The molecule has 0 fully saturated rings. The van der Waals surface area contributed by atoms with Crippen LogP contribution >= 0.6 is 0 Å². The number of nitrogens with zero attached hydrogens (tertiary/aromatic N) is 1. The van der Waals surface area contributed by atoms with Crippen LogP contribution in [0.1, 0.15) is 10.4 Å².